The molecule has 0 aliphatic carbocycles. The minimum atomic E-state index is -3.65. The van der Waals surface area contributed by atoms with Crippen LogP contribution in [0.1, 0.15) is 15.9 Å². The lowest BCUT2D eigenvalue weighted by Gasteiger charge is -2.34. The highest BCUT2D eigenvalue weighted by Gasteiger charge is 2.30. The quantitative estimate of drug-likeness (QED) is 0.312. The van der Waals surface area contributed by atoms with Crippen LogP contribution in [0.15, 0.2) is 100 Å². The van der Waals surface area contributed by atoms with Gasteiger partial charge in [0.05, 0.1) is 4.90 Å². The summed E-state index contributed by atoms with van der Waals surface area (Å²) in [6.45, 7) is 3.12. The van der Waals surface area contributed by atoms with E-state index in [4.69, 9.17) is 4.42 Å². The van der Waals surface area contributed by atoms with Crippen LogP contribution in [-0.4, -0.2) is 59.9 Å². The Hall–Kier alpha value is -4.34. The second-order valence-electron chi connectivity index (χ2n) is 9.56. The molecule has 1 fully saturated rings. The molecule has 0 bridgehead atoms. The van der Waals surface area contributed by atoms with Gasteiger partial charge in [-0.2, -0.15) is 4.31 Å². The topological polar surface area (TPSA) is 96.6 Å². The number of carbonyl (C=O) groups excluding carboxylic acids is 1. The zero-order valence-electron chi connectivity index (χ0n) is 21.3. The highest BCUT2D eigenvalue weighted by Crippen LogP contribution is 2.26. The number of hydrogen-bond donors (Lipinski definition) is 0. The number of benzene rings is 4. The number of piperazine rings is 1. The lowest BCUT2D eigenvalue weighted by atomic mass is 10.1. The second-order valence-corrected chi connectivity index (χ2v) is 11.5. The first-order valence-corrected chi connectivity index (χ1v) is 14.1. The van der Waals surface area contributed by atoms with Gasteiger partial charge in [0, 0.05) is 42.9 Å². The van der Waals surface area contributed by atoms with Crippen LogP contribution >= 0.6 is 0 Å². The normalized spacial score (nSPS) is 14.5. The molecular weight excluding hydrogens is 512 g/mol. The van der Waals surface area contributed by atoms with Gasteiger partial charge in [0.25, 0.3) is 5.91 Å². The van der Waals surface area contributed by atoms with E-state index >= 15 is 0 Å². The monoisotopic (exact) mass is 538 g/mol. The maximum absolute atomic E-state index is 13.3. The van der Waals surface area contributed by atoms with E-state index in [1.807, 2.05) is 61.5 Å². The Kier molecular flexibility index (Phi) is 6.46. The fourth-order valence-electron chi connectivity index (χ4n) is 4.70. The number of rotatable bonds is 5. The summed E-state index contributed by atoms with van der Waals surface area (Å²) in [5, 5.41) is 10.2. The smallest absolute Gasteiger partial charge is 0.253 e. The van der Waals surface area contributed by atoms with Crippen molar-refractivity contribution in [2.24, 2.45) is 0 Å². The van der Waals surface area contributed by atoms with E-state index in [0.29, 0.717) is 36.0 Å². The lowest BCUT2D eigenvalue weighted by molar-refractivity contribution is 0.0698. The van der Waals surface area contributed by atoms with Gasteiger partial charge in [0.1, 0.15) is 0 Å². The van der Waals surface area contributed by atoms with E-state index in [0.717, 1.165) is 21.9 Å². The lowest BCUT2D eigenvalue weighted by Crippen LogP contribution is -2.50. The van der Waals surface area contributed by atoms with Crippen molar-refractivity contribution in [3.63, 3.8) is 0 Å². The summed E-state index contributed by atoms with van der Waals surface area (Å²) in [4.78, 5) is 15.1. The minimum Gasteiger partial charge on any atom is -0.416 e. The second kappa shape index (κ2) is 10.1. The average molecular weight is 539 g/mol. The van der Waals surface area contributed by atoms with Gasteiger partial charge in [0.15, 0.2) is 0 Å². The molecule has 9 heteroatoms. The molecule has 0 radical (unpaired) electrons. The zero-order valence-corrected chi connectivity index (χ0v) is 22.1. The standard InChI is InChI=1S/C30H26N4O4S/c1-21-6-8-23(9-7-21)28-31-32-29(38-28)24-10-12-25(13-11-24)30(35)33-16-18-34(19-17-33)39(36,37)27-15-14-22-4-2-3-5-26(22)20-27/h2-15,20H,16-19H2,1H3. The molecule has 1 aliphatic rings. The first-order chi connectivity index (χ1) is 18.9. The van der Waals surface area contributed by atoms with Crippen molar-refractivity contribution in [3.05, 3.63) is 102 Å². The molecule has 1 aliphatic heterocycles. The fourth-order valence-corrected chi connectivity index (χ4v) is 6.16. The summed E-state index contributed by atoms with van der Waals surface area (Å²) < 4.78 is 33.8. The van der Waals surface area contributed by atoms with Gasteiger partial charge >= 0.3 is 0 Å². The predicted molar refractivity (Wildman–Crippen MR) is 149 cm³/mol. The molecule has 0 saturated carbocycles. The molecule has 4 aromatic carbocycles. The molecule has 6 rings (SSSR count). The maximum atomic E-state index is 13.3. The van der Waals surface area contributed by atoms with Crippen molar-refractivity contribution in [3.8, 4) is 22.9 Å². The molecular formula is C30H26N4O4S. The van der Waals surface area contributed by atoms with Crippen molar-refractivity contribution < 1.29 is 17.6 Å². The van der Waals surface area contributed by atoms with Crippen LogP contribution in [0.5, 0.6) is 0 Å². The molecule has 0 spiro atoms. The van der Waals surface area contributed by atoms with E-state index in [1.165, 1.54) is 4.31 Å². The van der Waals surface area contributed by atoms with E-state index in [-0.39, 0.29) is 23.9 Å². The van der Waals surface area contributed by atoms with Crippen molar-refractivity contribution in [2.45, 2.75) is 11.8 Å². The Labute approximate surface area is 226 Å². The van der Waals surface area contributed by atoms with Gasteiger partial charge in [-0.1, -0.05) is 48.0 Å². The molecule has 0 unspecified atom stereocenters. The van der Waals surface area contributed by atoms with Gasteiger partial charge in [-0.05, 0) is 66.2 Å². The van der Waals surface area contributed by atoms with Crippen LogP contribution in [-0.2, 0) is 10.0 Å². The van der Waals surface area contributed by atoms with Crippen molar-refractivity contribution >= 4 is 26.7 Å². The van der Waals surface area contributed by atoms with Gasteiger partial charge in [0.2, 0.25) is 21.8 Å². The number of carbonyl (C=O) groups is 1. The number of hydrogen-bond acceptors (Lipinski definition) is 6. The number of nitrogens with zero attached hydrogens (tertiary/aromatic N) is 4. The van der Waals surface area contributed by atoms with Crippen LogP contribution in [0, 0.1) is 6.92 Å². The SMILES string of the molecule is Cc1ccc(-c2nnc(-c3ccc(C(=O)N4CCN(S(=O)(=O)c5ccc6ccccc6c5)CC4)cc3)o2)cc1. The third-order valence-corrected chi connectivity index (χ3v) is 8.88. The molecule has 1 aromatic heterocycles. The van der Waals surface area contributed by atoms with E-state index in [9.17, 15) is 13.2 Å². The molecule has 39 heavy (non-hydrogen) atoms. The van der Waals surface area contributed by atoms with Crippen LogP contribution in [0.25, 0.3) is 33.7 Å². The summed E-state index contributed by atoms with van der Waals surface area (Å²) in [7, 11) is -3.65. The number of aryl methyl sites for hydroxylation is 1. The third-order valence-electron chi connectivity index (χ3n) is 6.99. The Morgan fingerprint density at radius 2 is 1.33 bits per heavy atom. The van der Waals surface area contributed by atoms with Crippen molar-refractivity contribution in [1.82, 2.24) is 19.4 Å². The molecule has 0 N–H and O–H groups in total. The van der Waals surface area contributed by atoms with Gasteiger partial charge in [-0.15, -0.1) is 10.2 Å². The van der Waals surface area contributed by atoms with E-state index in [2.05, 4.69) is 10.2 Å². The molecule has 1 saturated heterocycles. The fraction of sp³-hybridized carbons (Fsp3) is 0.167. The van der Waals surface area contributed by atoms with Gasteiger partial charge in [-0.3, -0.25) is 4.79 Å². The summed E-state index contributed by atoms with van der Waals surface area (Å²) in [5.41, 5.74) is 3.21. The number of sulfonamides is 1. The molecule has 5 aromatic rings. The highest BCUT2D eigenvalue weighted by atomic mass is 32.2. The van der Waals surface area contributed by atoms with Crippen LogP contribution in [0.3, 0.4) is 0 Å². The molecule has 0 atom stereocenters. The first-order valence-electron chi connectivity index (χ1n) is 12.7. The molecule has 8 nitrogen and oxygen atoms in total. The molecule has 1 amide bonds. The van der Waals surface area contributed by atoms with Crippen molar-refractivity contribution in [1.29, 1.82) is 0 Å². The summed E-state index contributed by atoms with van der Waals surface area (Å²) >= 11 is 0. The van der Waals surface area contributed by atoms with Crippen molar-refractivity contribution in [2.75, 3.05) is 26.2 Å². The van der Waals surface area contributed by atoms with Gasteiger partial charge in [-0.25, -0.2) is 8.42 Å². The Balaban J connectivity index is 1.11. The van der Waals surface area contributed by atoms with Crippen LogP contribution < -0.4 is 0 Å². The Bertz CT molecular complexity index is 1760. The summed E-state index contributed by atoms with van der Waals surface area (Å²) in [5.74, 6) is 0.661. The largest absolute Gasteiger partial charge is 0.416 e. The van der Waals surface area contributed by atoms with E-state index in [1.54, 1.807) is 41.3 Å². The summed E-state index contributed by atoms with van der Waals surface area (Å²) in [6, 6.07) is 27.7. The highest BCUT2D eigenvalue weighted by molar-refractivity contribution is 7.89. The van der Waals surface area contributed by atoms with Crippen LogP contribution in [0.4, 0.5) is 0 Å². The predicted octanol–water partition coefficient (Wildman–Crippen LogP) is 5.01. The molecule has 2 heterocycles. The van der Waals surface area contributed by atoms with Crippen LogP contribution in [0.2, 0.25) is 0 Å². The summed E-state index contributed by atoms with van der Waals surface area (Å²) in [6.07, 6.45) is 0. The number of amides is 1. The third kappa shape index (κ3) is 4.94. The zero-order chi connectivity index (χ0) is 27.0. The minimum absolute atomic E-state index is 0.143. The average Bonchev–Trinajstić information content (AvgIpc) is 3.47. The van der Waals surface area contributed by atoms with Gasteiger partial charge < -0.3 is 9.32 Å². The van der Waals surface area contributed by atoms with E-state index < -0.39 is 10.0 Å². The number of fused-ring (bicyclic) bond motifs is 1. The Morgan fingerprint density at radius 1 is 0.744 bits per heavy atom. The first kappa shape index (κ1) is 25.0. The Morgan fingerprint density at radius 3 is 1.97 bits per heavy atom. The number of aromatic nitrogens is 2. The molecule has 196 valence electrons. The maximum Gasteiger partial charge on any atom is 0.253 e.